The average Bonchev–Trinajstić information content (AvgIpc) is 2.05. The van der Waals surface area contributed by atoms with E-state index in [1.165, 1.54) is 0 Å². The zero-order valence-electron chi connectivity index (χ0n) is 7.87. The van der Waals surface area contributed by atoms with Crippen molar-refractivity contribution in [3.63, 3.8) is 0 Å². The first kappa shape index (κ1) is 9.33. The van der Waals surface area contributed by atoms with Gasteiger partial charge in [-0.25, -0.2) is 5.26 Å². The summed E-state index contributed by atoms with van der Waals surface area (Å²) in [6.45, 7) is 6.29. The van der Waals surface area contributed by atoms with Crippen molar-refractivity contribution in [2.45, 2.75) is 27.2 Å². The highest BCUT2D eigenvalue weighted by Gasteiger charge is 2.16. The third-order valence-electron chi connectivity index (χ3n) is 2.40. The van der Waals surface area contributed by atoms with Crippen molar-refractivity contribution >= 4 is 0 Å². The summed E-state index contributed by atoms with van der Waals surface area (Å²) in [6, 6.07) is 0. The molecule has 68 valence electrons. The van der Waals surface area contributed by atoms with Gasteiger partial charge in [0, 0.05) is 0 Å². The summed E-state index contributed by atoms with van der Waals surface area (Å²) < 4.78 is 0. The number of allylic oxidation sites excluding steroid dienone is 3. The SMILES string of the molecule is CC1=CCC(C(C)C)C=C1OO. The van der Waals surface area contributed by atoms with Crippen LogP contribution in [0.15, 0.2) is 23.5 Å². The third kappa shape index (κ3) is 1.89. The van der Waals surface area contributed by atoms with Gasteiger partial charge >= 0.3 is 0 Å². The lowest BCUT2D eigenvalue weighted by Gasteiger charge is -2.20. The first-order chi connectivity index (χ1) is 5.65. The van der Waals surface area contributed by atoms with Gasteiger partial charge in [-0.2, -0.15) is 0 Å². The topological polar surface area (TPSA) is 29.5 Å². The Balaban J connectivity index is 2.73. The number of hydrogen-bond acceptors (Lipinski definition) is 2. The average molecular weight is 168 g/mol. The zero-order chi connectivity index (χ0) is 9.14. The first-order valence-electron chi connectivity index (χ1n) is 4.35. The van der Waals surface area contributed by atoms with Crippen LogP contribution in [0.2, 0.25) is 0 Å². The predicted molar refractivity (Wildman–Crippen MR) is 48.5 cm³/mol. The van der Waals surface area contributed by atoms with Crippen LogP contribution < -0.4 is 0 Å². The summed E-state index contributed by atoms with van der Waals surface area (Å²) in [6.07, 6.45) is 5.16. The van der Waals surface area contributed by atoms with Crippen LogP contribution in [-0.4, -0.2) is 5.26 Å². The van der Waals surface area contributed by atoms with Crippen molar-refractivity contribution in [3.8, 4) is 0 Å². The van der Waals surface area contributed by atoms with Crippen LogP contribution >= 0.6 is 0 Å². The summed E-state index contributed by atoms with van der Waals surface area (Å²) >= 11 is 0. The van der Waals surface area contributed by atoms with Crippen molar-refractivity contribution in [1.82, 2.24) is 0 Å². The van der Waals surface area contributed by atoms with Crippen LogP contribution in [-0.2, 0) is 4.89 Å². The lowest BCUT2D eigenvalue weighted by molar-refractivity contribution is -0.200. The summed E-state index contributed by atoms with van der Waals surface area (Å²) in [5.74, 6) is 1.70. The van der Waals surface area contributed by atoms with E-state index in [2.05, 4.69) is 24.8 Å². The minimum Gasteiger partial charge on any atom is -0.340 e. The molecule has 0 aliphatic heterocycles. The fraction of sp³-hybridized carbons (Fsp3) is 0.600. The Morgan fingerprint density at radius 2 is 2.25 bits per heavy atom. The van der Waals surface area contributed by atoms with Crippen LogP contribution in [0, 0.1) is 11.8 Å². The van der Waals surface area contributed by atoms with Gasteiger partial charge in [-0.05, 0) is 36.8 Å². The molecule has 0 saturated carbocycles. The van der Waals surface area contributed by atoms with E-state index in [0.717, 1.165) is 12.0 Å². The predicted octanol–water partition coefficient (Wildman–Crippen LogP) is 2.98. The molecule has 1 aliphatic rings. The molecule has 2 heteroatoms. The number of rotatable bonds is 2. The van der Waals surface area contributed by atoms with Gasteiger partial charge in [0.1, 0.15) is 0 Å². The van der Waals surface area contributed by atoms with E-state index in [1.807, 2.05) is 13.0 Å². The second kappa shape index (κ2) is 3.76. The van der Waals surface area contributed by atoms with Gasteiger partial charge in [0.05, 0.1) is 0 Å². The van der Waals surface area contributed by atoms with Crippen LogP contribution in [0.5, 0.6) is 0 Å². The molecule has 0 fully saturated rings. The van der Waals surface area contributed by atoms with Gasteiger partial charge < -0.3 is 4.89 Å². The van der Waals surface area contributed by atoms with E-state index in [0.29, 0.717) is 17.6 Å². The quantitative estimate of drug-likeness (QED) is 0.507. The second-order valence-corrected chi connectivity index (χ2v) is 3.65. The van der Waals surface area contributed by atoms with Crippen LogP contribution in [0.1, 0.15) is 27.2 Å². The third-order valence-corrected chi connectivity index (χ3v) is 2.40. The summed E-state index contributed by atoms with van der Waals surface area (Å²) in [7, 11) is 0. The molecule has 2 nitrogen and oxygen atoms in total. The molecule has 1 unspecified atom stereocenters. The van der Waals surface area contributed by atoms with Crippen molar-refractivity contribution in [2.24, 2.45) is 11.8 Å². The lowest BCUT2D eigenvalue weighted by Crippen LogP contribution is -2.10. The largest absolute Gasteiger partial charge is 0.340 e. The van der Waals surface area contributed by atoms with Crippen LogP contribution in [0.4, 0.5) is 0 Å². The first-order valence-corrected chi connectivity index (χ1v) is 4.35. The van der Waals surface area contributed by atoms with Crippen molar-refractivity contribution in [2.75, 3.05) is 0 Å². The van der Waals surface area contributed by atoms with E-state index in [1.54, 1.807) is 0 Å². The number of hydrogen-bond donors (Lipinski definition) is 1. The standard InChI is InChI=1S/C10H16O2/c1-7(2)9-5-4-8(3)10(6-9)12-11/h4,6-7,9,11H,5H2,1-3H3. The maximum absolute atomic E-state index is 8.55. The minimum atomic E-state index is 0.496. The Hall–Kier alpha value is -0.760. The molecule has 1 atom stereocenters. The monoisotopic (exact) mass is 168 g/mol. The van der Waals surface area contributed by atoms with E-state index >= 15 is 0 Å². The van der Waals surface area contributed by atoms with Gasteiger partial charge in [-0.1, -0.05) is 19.9 Å². The molecule has 0 spiro atoms. The van der Waals surface area contributed by atoms with Gasteiger partial charge in [0.2, 0.25) is 0 Å². The summed E-state index contributed by atoms with van der Waals surface area (Å²) in [5, 5.41) is 8.55. The maximum atomic E-state index is 8.55. The molecule has 1 N–H and O–H groups in total. The van der Waals surface area contributed by atoms with Gasteiger partial charge in [-0.3, -0.25) is 0 Å². The van der Waals surface area contributed by atoms with Gasteiger partial charge in [0.25, 0.3) is 0 Å². The summed E-state index contributed by atoms with van der Waals surface area (Å²) in [5.41, 5.74) is 1.02. The molecule has 0 aromatic rings. The van der Waals surface area contributed by atoms with Crippen molar-refractivity contribution in [1.29, 1.82) is 0 Å². The Kier molecular flexibility index (Phi) is 2.93. The molecular weight excluding hydrogens is 152 g/mol. The molecular formula is C10H16O2. The van der Waals surface area contributed by atoms with E-state index in [-0.39, 0.29) is 0 Å². The van der Waals surface area contributed by atoms with E-state index < -0.39 is 0 Å². The molecule has 12 heavy (non-hydrogen) atoms. The van der Waals surface area contributed by atoms with Crippen LogP contribution in [0.25, 0.3) is 0 Å². The molecule has 0 heterocycles. The van der Waals surface area contributed by atoms with Crippen LogP contribution in [0.3, 0.4) is 0 Å². The van der Waals surface area contributed by atoms with Gasteiger partial charge in [0.15, 0.2) is 5.76 Å². The zero-order valence-corrected chi connectivity index (χ0v) is 7.87. The highest BCUT2D eigenvalue weighted by atomic mass is 17.1. The lowest BCUT2D eigenvalue weighted by atomic mass is 9.87. The molecule has 0 amide bonds. The molecule has 0 aromatic carbocycles. The van der Waals surface area contributed by atoms with Gasteiger partial charge in [-0.15, -0.1) is 0 Å². The fourth-order valence-electron chi connectivity index (χ4n) is 1.37. The second-order valence-electron chi connectivity index (χ2n) is 3.65. The molecule has 1 aliphatic carbocycles. The van der Waals surface area contributed by atoms with Crippen molar-refractivity contribution in [3.05, 3.63) is 23.5 Å². The smallest absolute Gasteiger partial charge is 0.164 e. The van der Waals surface area contributed by atoms with E-state index in [9.17, 15) is 0 Å². The minimum absolute atomic E-state index is 0.496. The Bertz CT molecular complexity index is 214. The molecule has 0 bridgehead atoms. The molecule has 0 radical (unpaired) electrons. The molecule has 0 aromatic heterocycles. The maximum Gasteiger partial charge on any atom is 0.164 e. The molecule has 1 rings (SSSR count). The summed E-state index contributed by atoms with van der Waals surface area (Å²) in [4.78, 5) is 4.28. The highest BCUT2D eigenvalue weighted by molar-refractivity contribution is 5.27. The fourth-order valence-corrected chi connectivity index (χ4v) is 1.37. The Labute approximate surface area is 73.5 Å². The highest BCUT2D eigenvalue weighted by Crippen LogP contribution is 2.27. The Morgan fingerprint density at radius 3 is 2.75 bits per heavy atom. The van der Waals surface area contributed by atoms with E-state index in [4.69, 9.17) is 5.26 Å². The van der Waals surface area contributed by atoms with Crippen molar-refractivity contribution < 1.29 is 10.1 Å². The Morgan fingerprint density at radius 1 is 1.58 bits per heavy atom. The molecule has 0 saturated heterocycles. The normalized spacial score (nSPS) is 23.6.